The van der Waals surface area contributed by atoms with Gasteiger partial charge < -0.3 is 9.30 Å². The van der Waals surface area contributed by atoms with Gasteiger partial charge in [-0.2, -0.15) is 5.10 Å². The molecule has 0 radical (unpaired) electrons. The number of hydrogen-bond acceptors (Lipinski definition) is 4. The highest BCUT2D eigenvalue weighted by Crippen LogP contribution is 2.26. The molecule has 3 aromatic carbocycles. The standard InChI is InChI=1S/C26H23N3O3/c1-18-9-11-19(12-10-18)17-29-15-5-8-22(26(29)31)25(30)28-27-16-23-21-7-4-3-6-20(21)13-14-24(23)32-2/h3-16H,17H2,1-2H3,(H,28,30)/b27-16-. The molecular weight excluding hydrogens is 402 g/mol. The van der Waals surface area contributed by atoms with Crippen molar-refractivity contribution >= 4 is 22.9 Å². The number of benzene rings is 3. The second kappa shape index (κ2) is 9.31. The predicted octanol–water partition coefficient (Wildman–Crippen LogP) is 4.13. The number of carbonyl (C=O) groups is 1. The van der Waals surface area contributed by atoms with Crippen molar-refractivity contribution in [2.45, 2.75) is 13.5 Å². The van der Waals surface area contributed by atoms with E-state index in [1.54, 1.807) is 19.4 Å². The molecular formula is C26H23N3O3. The summed E-state index contributed by atoms with van der Waals surface area (Å²) in [6.45, 7) is 2.39. The average molecular weight is 425 g/mol. The highest BCUT2D eigenvalue weighted by Gasteiger charge is 2.12. The average Bonchev–Trinajstić information content (AvgIpc) is 2.81. The summed E-state index contributed by atoms with van der Waals surface area (Å²) in [6, 6.07) is 22.8. The maximum Gasteiger partial charge on any atom is 0.276 e. The molecule has 1 amide bonds. The Balaban J connectivity index is 1.55. The number of hydrazone groups is 1. The number of ether oxygens (including phenoxy) is 1. The van der Waals surface area contributed by atoms with Gasteiger partial charge in [0.05, 0.1) is 19.9 Å². The Kier molecular flexibility index (Phi) is 6.12. The highest BCUT2D eigenvalue weighted by atomic mass is 16.5. The smallest absolute Gasteiger partial charge is 0.276 e. The van der Waals surface area contributed by atoms with E-state index in [-0.39, 0.29) is 11.1 Å². The second-order valence-corrected chi connectivity index (χ2v) is 7.44. The Morgan fingerprint density at radius 3 is 2.59 bits per heavy atom. The number of rotatable bonds is 6. The minimum absolute atomic E-state index is 0.0293. The molecule has 0 bridgehead atoms. The first-order chi connectivity index (χ1) is 15.6. The van der Waals surface area contributed by atoms with Gasteiger partial charge in [0, 0.05) is 11.8 Å². The zero-order chi connectivity index (χ0) is 22.5. The van der Waals surface area contributed by atoms with E-state index in [2.05, 4.69) is 10.5 Å². The van der Waals surface area contributed by atoms with Crippen molar-refractivity contribution in [1.82, 2.24) is 9.99 Å². The van der Waals surface area contributed by atoms with Gasteiger partial charge in [-0.3, -0.25) is 9.59 Å². The molecule has 0 fully saturated rings. The molecule has 1 N–H and O–H groups in total. The molecule has 0 atom stereocenters. The summed E-state index contributed by atoms with van der Waals surface area (Å²) in [5.74, 6) is 0.0746. The topological polar surface area (TPSA) is 72.7 Å². The Labute approximate surface area is 185 Å². The number of methoxy groups -OCH3 is 1. The summed E-state index contributed by atoms with van der Waals surface area (Å²) >= 11 is 0. The summed E-state index contributed by atoms with van der Waals surface area (Å²) in [4.78, 5) is 25.5. The number of amides is 1. The summed E-state index contributed by atoms with van der Waals surface area (Å²) in [6.07, 6.45) is 3.20. The molecule has 0 aliphatic heterocycles. The molecule has 0 aliphatic carbocycles. The third-order valence-electron chi connectivity index (χ3n) is 5.25. The predicted molar refractivity (Wildman–Crippen MR) is 127 cm³/mol. The number of nitrogens with zero attached hydrogens (tertiary/aromatic N) is 2. The fourth-order valence-electron chi connectivity index (χ4n) is 3.53. The Hall–Kier alpha value is -4.19. The first kappa shape index (κ1) is 21.1. The van der Waals surface area contributed by atoms with Crippen LogP contribution < -0.4 is 15.7 Å². The molecule has 0 saturated carbocycles. The van der Waals surface area contributed by atoms with Crippen LogP contribution in [0.25, 0.3) is 10.8 Å². The van der Waals surface area contributed by atoms with Crippen LogP contribution >= 0.6 is 0 Å². The van der Waals surface area contributed by atoms with Crippen molar-refractivity contribution in [1.29, 1.82) is 0 Å². The molecule has 0 unspecified atom stereocenters. The third-order valence-corrected chi connectivity index (χ3v) is 5.25. The fraction of sp³-hybridized carbons (Fsp3) is 0.115. The van der Waals surface area contributed by atoms with Crippen molar-refractivity contribution in [2.75, 3.05) is 7.11 Å². The molecule has 6 nitrogen and oxygen atoms in total. The molecule has 0 aliphatic rings. The first-order valence-electron chi connectivity index (χ1n) is 10.2. The molecule has 160 valence electrons. The van der Waals surface area contributed by atoms with Gasteiger partial charge >= 0.3 is 0 Å². The van der Waals surface area contributed by atoms with Crippen molar-refractivity contribution in [3.05, 3.63) is 112 Å². The third kappa shape index (κ3) is 4.44. The molecule has 4 rings (SSSR count). The van der Waals surface area contributed by atoms with E-state index in [0.29, 0.717) is 12.3 Å². The van der Waals surface area contributed by atoms with Crippen LogP contribution in [0.1, 0.15) is 27.0 Å². The number of hydrogen-bond donors (Lipinski definition) is 1. The van der Waals surface area contributed by atoms with Crippen molar-refractivity contribution in [3.8, 4) is 5.75 Å². The van der Waals surface area contributed by atoms with E-state index in [1.165, 1.54) is 16.8 Å². The van der Waals surface area contributed by atoms with Crippen molar-refractivity contribution in [3.63, 3.8) is 0 Å². The lowest BCUT2D eigenvalue weighted by atomic mass is 10.0. The van der Waals surface area contributed by atoms with Crippen molar-refractivity contribution in [2.24, 2.45) is 5.10 Å². The molecule has 6 heteroatoms. The summed E-state index contributed by atoms with van der Waals surface area (Å²) in [5.41, 5.74) is 5.00. The van der Waals surface area contributed by atoms with E-state index in [4.69, 9.17) is 4.74 Å². The maximum atomic E-state index is 12.8. The van der Waals surface area contributed by atoms with Gasteiger partial charge in [-0.25, -0.2) is 5.43 Å². The second-order valence-electron chi connectivity index (χ2n) is 7.44. The van der Waals surface area contributed by atoms with Gasteiger partial charge in [-0.15, -0.1) is 0 Å². The van der Waals surface area contributed by atoms with Gasteiger partial charge in [-0.1, -0.05) is 60.2 Å². The van der Waals surface area contributed by atoms with Crippen LogP contribution in [0.4, 0.5) is 0 Å². The molecule has 1 aromatic heterocycles. The normalized spacial score (nSPS) is 11.1. The van der Waals surface area contributed by atoms with Crippen LogP contribution in [0.15, 0.2) is 88.9 Å². The van der Waals surface area contributed by atoms with Gasteiger partial charge in [-0.05, 0) is 41.5 Å². The van der Waals surface area contributed by atoms with Crippen LogP contribution in [-0.4, -0.2) is 23.8 Å². The van der Waals surface area contributed by atoms with Gasteiger partial charge in [0.15, 0.2) is 0 Å². The quantitative estimate of drug-likeness (QED) is 0.373. The van der Waals surface area contributed by atoms with Crippen LogP contribution in [0.5, 0.6) is 5.75 Å². The largest absolute Gasteiger partial charge is 0.496 e. The molecule has 32 heavy (non-hydrogen) atoms. The molecule has 0 spiro atoms. The Morgan fingerprint density at radius 2 is 1.81 bits per heavy atom. The van der Waals surface area contributed by atoms with E-state index in [1.807, 2.05) is 67.6 Å². The van der Waals surface area contributed by atoms with Crippen molar-refractivity contribution < 1.29 is 9.53 Å². The molecule has 1 heterocycles. The van der Waals surface area contributed by atoms with Gasteiger partial charge in [0.2, 0.25) is 0 Å². The Morgan fingerprint density at radius 1 is 1.03 bits per heavy atom. The molecule has 4 aromatic rings. The van der Waals surface area contributed by atoms with E-state index in [9.17, 15) is 9.59 Å². The maximum absolute atomic E-state index is 12.8. The monoisotopic (exact) mass is 425 g/mol. The van der Waals surface area contributed by atoms with E-state index >= 15 is 0 Å². The molecule has 0 saturated heterocycles. The number of aryl methyl sites for hydroxylation is 1. The van der Waals surface area contributed by atoms with Gasteiger partial charge in [0.1, 0.15) is 11.3 Å². The number of carbonyl (C=O) groups excluding carboxylic acids is 1. The zero-order valence-corrected chi connectivity index (χ0v) is 17.9. The lowest BCUT2D eigenvalue weighted by molar-refractivity contribution is 0.0953. The van der Waals surface area contributed by atoms with Crippen LogP contribution in [0, 0.1) is 6.92 Å². The van der Waals surface area contributed by atoms with Gasteiger partial charge in [0.25, 0.3) is 11.5 Å². The van der Waals surface area contributed by atoms with E-state index < -0.39 is 5.91 Å². The lowest BCUT2D eigenvalue weighted by Gasteiger charge is -2.09. The summed E-state index contributed by atoms with van der Waals surface area (Å²) in [7, 11) is 1.58. The zero-order valence-electron chi connectivity index (χ0n) is 17.9. The number of nitrogens with one attached hydrogen (secondary N) is 1. The van der Waals surface area contributed by atoms with Crippen LogP contribution in [0.3, 0.4) is 0 Å². The SMILES string of the molecule is COc1ccc2ccccc2c1/C=N\NC(=O)c1cccn(Cc2ccc(C)cc2)c1=O. The fourth-order valence-corrected chi connectivity index (χ4v) is 3.53. The lowest BCUT2D eigenvalue weighted by Crippen LogP contribution is -2.30. The number of aromatic nitrogens is 1. The Bertz CT molecular complexity index is 1360. The summed E-state index contributed by atoms with van der Waals surface area (Å²) in [5, 5.41) is 6.07. The minimum Gasteiger partial charge on any atom is -0.496 e. The van der Waals surface area contributed by atoms with E-state index in [0.717, 1.165) is 27.5 Å². The minimum atomic E-state index is -0.566. The number of pyridine rings is 1. The summed E-state index contributed by atoms with van der Waals surface area (Å²) < 4.78 is 6.95. The number of fused-ring (bicyclic) bond motifs is 1. The van der Waals surface area contributed by atoms with Crippen LogP contribution in [-0.2, 0) is 6.54 Å². The van der Waals surface area contributed by atoms with Crippen LogP contribution in [0.2, 0.25) is 0 Å². The first-order valence-corrected chi connectivity index (χ1v) is 10.2. The highest BCUT2D eigenvalue weighted by molar-refractivity contribution is 6.03.